The molecule has 1 atom stereocenters. The molecule has 1 aliphatic rings. The smallest absolute Gasteiger partial charge is 0.338 e. The first-order valence-electron chi connectivity index (χ1n) is 10.4. The van der Waals surface area contributed by atoms with Gasteiger partial charge in [0.1, 0.15) is 23.6 Å². The maximum Gasteiger partial charge on any atom is 0.338 e. The highest BCUT2D eigenvalue weighted by Gasteiger charge is 2.35. The second kappa shape index (κ2) is 10.2. The molecule has 0 N–H and O–H groups in total. The van der Waals surface area contributed by atoms with Gasteiger partial charge < -0.3 is 14.2 Å². The Morgan fingerprint density at radius 1 is 1.26 bits per heavy atom. The van der Waals surface area contributed by atoms with Gasteiger partial charge in [0, 0.05) is 10.6 Å². The molecule has 0 spiro atoms. The van der Waals surface area contributed by atoms with Crippen LogP contribution in [0.15, 0.2) is 63.5 Å². The van der Waals surface area contributed by atoms with Crippen LogP contribution in [-0.4, -0.2) is 31.4 Å². The van der Waals surface area contributed by atoms with Gasteiger partial charge in [-0.1, -0.05) is 35.1 Å². The van der Waals surface area contributed by atoms with Crippen LogP contribution in [0.3, 0.4) is 0 Å². The largest absolute Gasteiger partial charge is 0.496 e. The molecule has 35 heavy (non-hydrogen) atoms. The van der Waals surface area contributed by atoms with Gasteiger partial charge in [-0.25, -0.2) is 9.79 Å². The molecule has 10 heteroatoms. The quantitative estimate of drug-likeness (QED) is 0.473. The number of hydrogen-bond acceptors (Lipinski definition) is 8. The molecule has 178 valence electrons. The first-order valence-corrected chi connectivity index (χ1v) is 11.6. The highest BCUT2D eigenvalue weighted by atomic mass is 35.5. The molecular formula is C25H20ClN3O5S. The Morgan fingerprint density at radius 3 is 2.66 bits per heavy atom. The van der Waals surface area contributed by atoms with E-state index < -0.39 is 12.0 Å². The molecule has 0 saturated heterocycles. The number of esters is 1. The molecular weight excluding hydrogens is 490 g/mol. The first-order chi connectivity index (χ1) is 16.9. The Bertz CT molecular complexity index is 1550. The van der Waals surface area contributed by atoms with E-state index in [1.165, 1.54) is 30.1 Å². The van der Waals surface area contributed by atoms with Crippen molar-refractivity contribution < 1.29 is 19.0 Å². The maximum absolute atomic E-state index is 13.6. The van der Waals surface area contributed by atoms with Crippen LogP contribution < -0.4 is 24.4 Å². The summed E-state index contributed by atoms with van der Waals surface area (Å²) < 4.78 is 17.7. The Labute approximate surface area is 209 Å². The predicted octanol–water partition coefficient (Wildman–Crippen LogP) is 2.97. The number of rotatable bonds is 6. The van der Waals surface area contributed by atoms with Gasteiger partial charge in [-0.15, -0.1) is 0 Å². The fourth-order valence-corrected chi connectivity index (χ4v) is 5.06. The lowest BCUT2D eigenvalue weighted by atomic mass is 9.95. The zero-order valence-corrected chi connectivity index (χ0v) is 20.6. The standard InChI is InChI=1S/C25H20ClN3O5S/c1-14-21(24(31)33-3)22(18-13-16(26)6-9-19(18)32-2)29-23(30)20(35-25(29)28-14)12-15-4-7-17(8-5-15)34-11-10-27/h4-9,12-13,22H,11H2,1-3H3/b20-12-/t22-/m0/s1. The lowest BCUT2D eigenvalue weighted by Gasteiger charge is -2.25. The minimum atomic E-state index is -0.837. The number of ether oxygens (including phenoxy) is 3. The highest BCUT2D eigenvalue weighted by Crippen LogP contribution is 2.37. The molecule has 2 heterocycles. The normalized spacial score (nSPS) is 15.2. The van der Waals surface area contributed by atoms with E-state index in [9.17, 15) is 9.59 Å². The number of allylic oxidation sites excluding steroid dienone is 1. The second-order valence-electron chi connectivity index (χ2n) is 7.48. The minimum Gasteiger partial charge on any atom is -0.496 e. The predicted molar refractivity (Wildman–Crippen MR) is 131 cm³/mol. The third-order valence-corrected chi connectivity index (χ3v) is 6.61. The summed E-state index contributed by atoms with van der Waals surface area (Å²) in [5.41, 5.74) is 1.66. The van der Waals surface area contributed by atoms with Crippen LogP contribution in [0.4, 0.5) is 0 Å². The molecule has 2 aromatic carbocycles. The number of aromatic nitrogens is 1. The van der Waals surface area contributed by atoms with Crippen LogP contribution in [0.2, 0.25) is 5.02 Å². The van der Waals surface area contributed by atoms with E-state index in [0.29, 0.717) is 37.1 Å². The molecule has 0 fully saturated rings. The van der Waals surface area contributed by atoms with Crippen molar-refractivity contribution in [3.05, 3.63) is 89.6 Å². The van der Waals surface area contributed by atoms with Crippen molar-refractivity contribution in [2.45, 2.75) is 13.0 Å². The number of fused-ring (bicyclic) bond motifs is 1. The summed E-state index contributed by atoms with van der Waals surface area (Å²) in [6.07, 6.45) is 1.74. The van der Waals surface area contributed by atoms with E-state index in [1.54, 1.807) is 55.5 Å². The summed E-state index contributed by atoms with van der Waals surface area (Å²) >= 11 is 7.49. The van der Waals surface area contributed by atoms with Crippen LogP contribution >= 0.6 is 22.9 Å². The van der Waals surface area contributed by atoms with Crippen molar-refractivity contribution in [2.75, 3.05) is 20.8 Å². The number of nitrogens with zero attached hydrogens (tertiary/aromatic N) is 3. The van der Waals surface area contributed by atoms with E-state index in [4.69, 9.17) is 31.1 Å². The molecule has 4 rings (SSSR count). The van der Waals surface area contributed by atoms with Gasteiger partial charge in [-0.2, -0.15) is 5.26 Å². The lowest BCUT2D eigenvalue weighted by molar-refractivity contribution is -0.136. The summed E-state index contributed by atoms with van der Waals surface area (Å²) in [4.78, 5) is 31.4. The SMILES string of the molecule is COC(=O)C1=C(C)N=c2s/c(=C\c3ccc(OCC#N)cc3)c(=O)n2[C@H]1c1cc(Cl)ccc1OC. The van der Waals surface area contributed by atoms with Gasteiger partial charge >= 0.3 is 5.97 Å². The molecule has 8 nitrogen and oxygen atoms in total. The average Bonchev–Trinajstić information content (AvgIpc) is 3.16. The third-order valence-electron chi connectivity index (χ3n) is 5.39. The summed E-state index contributed by atoms with van der Waals surface area (Å²) in [5, 5.41) is 9.08. The zero-order chi connectivity index (χ0) is 25.1. The summed E-state index contributed by atoms with van der Waals surface area (Å²) in [6.45, 7) is 1.65. The van der Waals surface area contributed by atoms with Gasteiger partial charge in [0.25, 0.3) is 5.56 Å². The fraction of sp³-hybridized carbons (Fsp3) is 0.200. The van der Waals surface area contributed by atoms with E-state index in [-0.39, 0.29) is 17.7 Å². The molecule has 1 aliphatic heterocycles. The van der Waals surface area contributed by atoms with Crippen LogP contribution in [0.5, 0.6) is 11.5 Å². The van der Waals surface area contributed by atoms with Crippen LogP contribution in [0.1, 0.15) is 24.1 Å². The van der Waals surface area contributed by atoms with Gasteiger partial charge in [-0.3, -0.25) is 9.36 Å². The number of nitriles is 1. The van der Waals surface area contributed by atoms with Gasteiger partial charge in [0.05, 0.1) is 30.0 Å². The Morgan fingerprint density at radius 2 is 2.00 bits per heavy atom. The number of methoxy groups -OCH3 is 2. The molecule has 3 aromatic rings. The molecule has 0 amide bonds. The number of benzene rings is 2. The van der Waals surface area contributed by atoms with Crippen LogP contribution in [0, 0.1) is 11.3 Å². The van der Waals surface area contributed by atoms with E-state index in [0.717, 1.165) is 5.56 Å². The van der Waals surface area contributed by atoms with E-state index >= 15 is 0 Å². The van der Waals surface area contributed by atoms with Crippen molar-refractivity contribution in [1.82, 2.24) is 4.57 Å². The zero-order valence-electron chi connectivity index (χ0n) is 19.1. The number of halogens is 1. The highest BCUT2D eigenvalue weighted by molar-refractivity contribution is 7.07. The molecule has 0 radical (unpaired) electrons. The minimum absolute atomic E-state index is 0.0488. The Hall–Kier alpha value is -3.87. The third kappa shape index (κ3) is 4.71. The number of thiazole rings is 1. The molecule has 0 bridgehead atoms. The monoisotopic (exact) mass is 509 g/mol. The van der Waals surface area contributed by atoms with Crippen LogP contribution in [-0.2, 0) is 9.53 Å². The van der Waals surface area contributed by atoms with Gasteiger partial charge in [0.2, 0.25) is 0 Å². The van der Waals surface area contributed by atoms with E-state index in [2.05, 4.69) is 4.99 Å². The van der Waals surface area contributed by atoms with Crippen molar-refractivity contribution in [3.8, 4) is 17.6 Å². The Kier molecular flexibility index (Phi) is 7.05. The number of carbonyl (C=O) groups excluding carboxylic acids is 1. The molecule has 1 aromatic heterocycles. The van der Waals surface area contributed by atoms with Crippen molar-refractivity contribution in [2.24, 2.45) is 4.99 Å². The molecule has 0 unspecified atom stereocenters. The molecule has 0 aliphatic carbocycles. The summed E-state index contributed by atoms with van der Waals surface area (Å²) in [7, 11) is 2.79. The van der Waals surface area contributed by atoms with Crippen molar-refractivity contribution >= 4 is 35.0 Å². The lowest BCUT2D eigenvalue weighted by Crippen LogP contribution is -2.40. The number of carbonyl (C=O) groups is 1. The van der Waals surface area contributed by atoms with Crippen molar-refractivity contribution in [3.63, 3.8) is 0 Å². The van der Waals surface area contributed by atoms with Gasteiger partial charge in [-0.05, 0) is 48.9 Å². The van der Waals surface area contributed by atoms with Crippen LogP contribution in [0.25, 0.3) is 6.08 Å². The van der Waals surface area contributed by atoms with Gasteiger partial charge in [0.15, 0.2) is 11.4 Å². The average molecular weight is 510 g/mol. The first kappa shape index (κ1) is 24.3. The maximum atomic E-state index is 13.6. The summed E-state index contributed by atoms with van der Waals surface area (Å²) in [5.74, 6) is 0.426. The van der Waals surface area contributed by atoms with Crippen molar-refractivity contribution in [1.29, 1.82) is 5.26 Å². The Balaban J connectivity index is 1.91. The fourth-order valence-electron chi connectivity index (χ4n) is 3.83. The summed E-state index contributed by atoms with van der Waals surface area (Å²) in [6, 6.07) is 13.1. The number of hydrogen-bond donors (Lipinski definition) is 0. The molecule has 0 saturated carbocycles. The van der Waals surface area contributed by atoms with E-state index in [1.807, 2.05) is 6.07 Å². The topological polar surface area (TPSA) is 103 Å². The second-order valence-corrected chi connectivity index (χ2v) is 8.92.